The van der Waals surface area contributed by atoms with Crippen molar-refractivity contribution in [2.45, 2.75) is 257 Å². The van der Waals surface area contributed by atoms with Gasteiger partial charge in [-0.3, -0.25) is 9.97 Å². The van der Waals surface area contributed by atoms with Crippen LogP contribution in [0.5, 0.6) is 0 Å². The van der Waals surface area contributed by atoms with Gasteiger partial charge in [0.15, 0.2) is 11.5 Å². The van der Waals surface area contributed by atoms with Crippen LogP contribution >= 0.6 is 0 Å². The lowest BCUT2D eigenvalue weighted by Crippen LogP contribution is -2.10. The van der Waals surface area contributed by atoms with Gasteiger partial charge in [0.05, 0.1) is 0 Å². The van der Waals surface area contributed by atoms with Crippen molar-refractivity contribution in [1.29, 1.82) is 0 Å². The van der Waals surface area contributed by atoms with E-state index in [1.54, 1.807) is 0 Å². The second-order valence-electron chi connectivity index (χ2n) is 28.1. The van der Waals surface area contributed by atoms with Crippen molar-refractivity contribution in [3.05, 3.63) is 196 Å². The zero-order chi connectivity index (χ0) is 61.3. The lowest BCUT2D eigenvalue weighted by Gasteiger charge is -2.19. The summed E-state index contributed by atoms with van der Waals surface area (Å²) in [6.07, 6.45) is 6.15. The Bertz CT molecular complexity index is 2850. The highest BCUT2D eigenvalue weighted by Gasteiger charge is 2.18. The minimum atomic E-state index is 0.158. The molecule has 0 amide bonds. The van der Waals surface area contributed by atoms with Gasteiger partial charge in [-0.05, 0) is 164 Å². The first-order valence-corrected chi connectivity index (χ1v) is 30.7. The van der Waals surface area contributed by atoms with Crippen molar-refractivity contribution in [3.63, 3.8) is 0 Å². The second kappa shape index (κ2) is 31.0. The number of pyridine rings is 2. The molecule has 0 fully saturated rings. The molecule has 442 valence electrons. The van der Waals surface area contributed by atoms with Crippen LogP contribution in [0.2, 0.25) is 0 Å². The molecule has 0 unspecified atom stereocenters. The van der Waals surface area contributed by atoms with Gasteiger partial charge in [-0.25, -0.2) is 4.98 Å². The van der Waals surface area contributed by atoms with E-state index in [0.29, 0.717) is 53.4 Å². The van der Waals surface area contributed by atoms with Gasteiger partial charge in [-0.2, -0.15) is 0 Å². The molecule has 0 atom stereocenters. The Balaban J connectivity index is 0.000000256. The number of rotatable bonds is 9. The summed E-state index contributed by atoms with van der Waals surface area (Å²) in [5.74, 6) is 5.27. The maximum absolute atomic E-state index is 5.69. The third-order valence-corrected chi connectivity index (χ3v) is 14.8. The average Bonchev–Trinajstić information content (AvgIpc) is 4.04. The van der Waals surface area contributed by atoms with Crippen LogP contribution in [-0.2, 0) is 16.2 Å². The monoisotopic (exact) mass is 1100 g/mol. The predicted octanol–water partition coefficient (Wildman–Crippen LogP) is 23.5. The van der Waals surface area contributed by atoms with Gasteiger partial charge in [0.2, 0.25) is 0 Å². The number of hydrogen-bond acceptors (Lipinski definition) is 4. The molecule has 0 aliphatic heterocycles. The molecule has 5 heteroatoms. The quantitative estimate of drug-likeness (QED) is 0.145. The number of nitrogens with zero attached hydrogens (tertiary/aromatic N) is 4. The van der Waals surface area contributed by atoms with Crippen LogP contribution in [0, 0.1) is 0 Å². The van der Waals surface area contributed by atoms with Crippen LogP contribution in [0.4, 0.5) is 0 Å². The van der Waals surface area contributed by atoms with Gasteiger partial charge in [-0.15, -0.1) is 0 Å². The van der Waals surface area contributed by atoms with E-state index in [0.717, 1.165) is 17.0 Å². The summed E-state index contributed by atoms with van der Waals surface area (Å²) in [7, 11) is 0. The summed E-state index contributed by atoms with van der Waals surface area (Å²) in [4.78, 5) is 13.3. The standard InChI is InChI=1S/C14H19NO.C14H19N.2C13H20.2C11H17N/c1-9(2)13-15-11-8-10(14(3,4)5)6-7-12(11)16-13;1-10(2)12-5-6-14-13(9-12)7-8-15(14)11(3)4;2*1-10(2)11-6-8-12(9-7-11)13(3,4)5;2*1-8(2)10-5-6-11(9(3)4)12-7-10/h6-9H,1-5H3;5-11H,1-4H3;2*6-10H,1-5H3;2*5-9H,1-4H3. The van der Waals surface area contributed by atoms with Crippen molar-refractivity contribution < 1.29 is 4.42 Å². The smallest absolute Gasteiger partial charge is 0.198 e. The summed E-state index contributed by atoms with van der Waals surface area (Å²) in [5, 5.41) is 1.36. The van der Waals surface area contributed by atoms with Gasteiger partial charge < -0.3 is 8.98 Å². The Kier molecular flexibility index (Phi) is 26.6. The van der Waals surface area contributed by atoms with Crippen molar-refractivity contribution in [2.24, 2.45) is 0 Å². The van der Waals surface area contributed by atoms with Crippen LogP contribution in [0.15, 0.2) is 138 Å². The molecule has 8 aromatic rings. The van der Waals surface area contributed by atoms with Crippen molar-refractivity contribution in [1.82, 2.24) is 19.5 Å². The number of hydrogen-bond donors (Lipinski definition) is 0. The van der Waals surface area contributed by atoms with Gasteiger partial charge in [-0.1, -0.05) is 246 Å². The molecule has 0 N–H and O–H groups in total. The first-order chi connectivity index (χ1) is 37.5. The molecule has 0 aliphatic carbocycles. The number of oxazole rings is 1. The molecular weight excluding hydrogens is 985 g/mol. The number of aromatic nitrogens is 4. The molecule has 0 saturated heterocycles. The van der Waals surface area contributed by atoms with E-state index in [-0.39, 0.29) is 16.2 Å². The molecule has 0 aliphatic rings. The second-order valence-corrected chi connectivity index (χ2v) is 28.1. The van der Waals surface area contributed by atoms with E-state index in [2.05, 4.69) is 322 Å². The molecule has 0 bridgehead atoms. The molecule has 5 nitrogen and oxygen atoms in total. The predicted molar refractivity (Wildman–Crippen MR) is 357 cm³/mol. The topological polar surface area (TPSA) is 56.7 Å². The Hall–Kier alpha value is -5.81. The Morgan fingerprint density at radius 1 is 0.358 bits per heavy atom. The Labute approximate surface area is 495 Å². The zero-order valence-electron chi connectivity index (χ0n) is 56.1. The summed E-state index contributed by atoms with van der Waals surface area (Å²) in [6.45, 7) is 59.5. The summed E-state index contributed by atoms with van der Waals surface area (Å²) < 4.78 is 8.00. The SMILES string of the molecule is CC(C)c1ccc(C(C)(C)C)cc1.CC(C)c1ccc(C(C)(C)C)cc1.CC(C)c1ccc(C(C)C)nc1.CC(C)c1ccc(C(C)C)nc1.CC(C)c1ccc2c(ccn2C(C)C)c1.CC(C)c1nc2cc(C(C)(C)C)ccc2o1. The van der Waals surface area contributed by atoms with Gasteiger partial charge in [0.25, 0.3) is 0 Å². The molecule has 0 saturated carbocycles. The van der Waals surface area contributed by atoms with Gasteiger partial charge >= 0.3 is 0 Å². The van der Waals surface area contributed by atoms with Crippen LogP contribution in [0.3, 0.4) is 0 Å². The van der Waals surface area contributed by atoms with E-state index in [1.807, 2.05) is 18.5 Å². The molecular formula is C76H112N4O. The number of fused-ring (bicyclic) bond motifs is 2. The van der Waals surface area contributed by atoms with E-state index >= 15 is 0 Å². The molecule has 81 heavy (non-hydrogen) atoms. The number of benzene rings is 4. The summed E-state index contributed by atoms with van der Waals surface area (Å²) in [5.41, 5.74) is 17.3. The lowest BCUT2D eigenvalue weighted by molar-refractivity contribution is 0.501. The fraction of sp³-hybridized carbons (Fsp3) is 0.513. The molecule has 4 heterocycles. The van der Waals surface area contributed by atoms with Crippen LogP contribution < -0.4 is 0 Å². The van der Waals surface area contributed by atoms with Crippen molar-refractivity contribution in [2.75, 3.05) is 0 Å². The minimum absolute atomic E-state index is 0.158. The first kappa shape index (κ1) is 69.5. The van der Waals surface area contributed by atoms with E-state index < -0.39 is 0 Å². The molecule has 4 aromatic carbocycles. The summed E-state index contributed by atoms with van der Waals surface area (Å²) in [6, 6.07) is 42.4. The molecule has 4 aromatic heterocycles. The highest BCUT2D eigenvalue weighted by Crippen LogP contribution is 2.30. The largest absolute Gasteiger partial charge is 0.440 e. The van der Waals surface area contributed by atoms with Gasteiger partial charge in [0, 0.05) is 47.5 Å². The van der Waals surface area contributed by atoms with Crippen LogP contribution in [0.1, 0.15) is 302 Å². The van der Waals surface area contributed by atoms with E-state index in [4.69, 9.17) is 4.42 Å². The molecule has 0 spiro atoms. The highest BCUT2D eigenvalue weighted by atomic mass is 16.3. The molecule has 8 rings (SSSR count). The van der Waals surface area contributed by atoms with Gasteiger partial charge in [0.1, 0.15) is 5.52 Å². The molecule has 0 radical (unpaired) electrons. The van der Waals surface area contributed by atoms with Crippen molar-refractivity contribution in [3.8, 4) is 0 Å². The summed E-state index contributed by atoms with van der Waals surface area (Å²) >= 11 is 0. The Morgan fingerprint density at radius 2 is 0.728 bits per heavy atom. The third kappa shape index (κ3) is 22.5. The first-order valence-electron chi connectivity index (χ1n) is 30.7. The normalized spacial score (nSPS) is 11.9. The van der Waals surface area contributed by atoms with Crippen LogP contribution in [-0.4, -0.2) is 19.5 Å². The van der Waals surface area contributed by atoms with E-state index in [1.165, 1.54) is 66.8 Å². The van der Waals surface area contributed by atoms with E-state index in [9.17, 15) is 0 Å². The average molecular weight is 1100 g/mol. The highest BCUT2D eigenvalue weighted by molar-refractivity contribution is 5.81. The maximum atomic E-state index is 5.69. The zero-order valence-corrected chi connectivity index (χ0v) is 56.1. The Morgan fingerprint density at radius 3 is 1.05 bits per heavy atom. The van der Waals surface area contributed by atoms with Crippen molar-refractivity contribution >= 4 is 22.0 Å². The maximum Gasteiger partial charge on any atom is 0.198 e. The lowest BCUT2D eigenvalue weighted by atomic mass is 9.86. The fourth-order valence-corrected chi connectivity index (χ4v) is 8.59. The minimum Gasteiger partial charge on any atom is -0.440 e. The van der Waals surface area contributed by atoms with Crippen LogP contribution in [0.25, 0.3) is 22.0 Å². The fourth-order valence-electron chi connectivity index (χ4n) is 8.59. The third-order valence-electron chi connectivity index (χ3n) is 14.8.